The maximum Gasteiger partial charge on any atom is 0.124 e. The van der Waals surface area contributed by atoms with Crippen LogP contribution in [0, 0.1) is 5.92 Å². The first kappa shape index (κ1) is 14.8. The van der Waals surface area contributed by atoms with Crippen molar-refractivity contribution < 1.29 is 14.6 Å². The SMILES string of the molecule is COCC(C)CNC(C)c1ccc(OC)cc1O. The lowest BCUT2D eigenvalue weighted by atomic mass is 10.1. The number of nitrogens with one attached hydrogen (secondary N) is 1. The van der Waals surface area contributed by atoms with Gasteiger partial charge in [-0.1, -0.05) is 13.0 Å². The van der Waals surface area contributed by atoms with Crippen LogP contribution in [0.3, 0.4) is 0 Å². The maximum absolute atomic E-state index is 9.92. The van der Waals surface area contributed by atoms with Gasteiger partial charge in [-0.25, -0.2) is 0 Å². The van der Waals surface area contributed by atoms with E-state index in [1.807, 2.05) is 19.1 Å². The molecule has 0 aliphatic carbocycles. The maximum atomic E-state index is 9.92. The molecule has 0 aromatic heterocycles. The Labute approximate surface area is 109 Å². The lowest BCUT2D eigenvalue weighted by molar-refractivity contribution is 0.157. The Morgan fingerprint density at radius 1 is 1.28 bits per heavy atom. The first-order chi connectivity index (χ1) is 8.58. The number of aromatic hydroxyl groups is 1. The predicted molar refractivity (Wildman–Crippen MR) is 72.1 cm³/mol. The van der Waals surface area contributed by atoms with Crippen molar-refractivity contribution in [3.8, 4) is 11.5 Å². The quantitative estimate of drug-likeness (QED) is 0.783. The van der Waals surface area contributed by atoms with Crippen LogP contribution in [0.2, 0.25) is 0 Å². The number of methoxy groups -OCH3 is 2. The zero-order chi connectivity index (χ0) is 13.5. The van der Waals surface area contributed by atoms with Crippen molar-refractivity contribution in [2.45, 2.75) is 19.9 Å². The molecule has 0 spiro atoms. The first-order valence-electron chi connectivity index (χ1n) is 6.17. The van der Waals surface area contributed by atoms with Crippen molar-refractivity contribution >= 4 is 0 Å². The van der Waals surface area contributed by atoms with Gasteiger partial charge in [0.15, 0.2) is 0 Å². The standard InChI is InChI=1S/C14H23NO3/c1-10(9-17-3)8-15-11(2)13-6-5-12(18-4)7-14(13)16/h5-7,10-11,15-16H,8-9H2,1-4H3. The van der Waals surface area contributed by atoms with Crippen LogP contribution in [-0.4, -0.2) is 32.5 Å². The van der Waals surface area contributed by atoms with Gasteiger partial charge in [-0.15, -0.1) is 0 Å². The highest BCUT2D eigenvalue weighted by Gasteiger charge is 2.12. The summed E-state index contributed by atoms with van der Waals surface area (Å²) < 4.78 is 10.2. The summed E-state index contributed by atoms with van der Waals surface area (Å²) in [7, 11) is 3.29. The molecule has 2 atom stereocenters. The molecular weight excluding hydrogens is 230 g/mol. The fourth-order valence-corrected chi connectivity index (χ4v) is 1.85. The molecule has 1 rings (SSSR count). The van der Waals surface area contributed by atoms with Crippen molar-refractivity contribution in [3.05, 3.63) is 23.8 Å². The van der Waals surface area contributed by atoms with Crippen molar-refractivity contribution in [3.63, 3.8) is 0 Å². The van der Waals surface area contributed by atoms with Crippen LogP contribution in [0.25, 0.3) is 0 Å². The highest BCUT2D eigenvalue weighted by molar-refractivity contribution is 5.41. The molecule has 0 heterocycles. The second-order valence-electron chi connectivity index (χ2n) is 4.62. The molecule has 0 saturated heterocycles. The summed E-state index contributed by atoms with van der Waals surface area (Å²) >= 11 is 0. The van der Waals surface area contributed by atoms with Gasteiger partial charge in [0.05, 0.1) is 7.11 Å². The molecule has 0 fully saturated rings. The zero-order valence-electron chi connectivity index (χ0n) is 11.6. The monoisotopic (exact) mass is 253 g/mol. The van der Waals surface area contributed by atoms with Gasteiger partial charge in [0, 0.05) is 37.9 Å². The van der Waals surface area contributed by atoms with Gasteiger partial charge < -0.3 is 19.9 Å². The molecule has 0 amide bonds. The Morgan fingerprint density at radius 2 is 2.00 bits per heavy atom. The molecule has 0 bridgehead atoms. The van der Waals surface area contributed by atoms with Crippen LogP contribution < -0.4 is 10.1 Å². The fourth-order valence-electron chi connectivity index (χ4n) is 1.85. The molecule has 1 aromatic rings. The van der Waals surface area contributed by atoms with E-state index >= 15 is 0 Å². The molecule has 0 radical (unpaired) electrons. The molecule has 2 unspecified atom stereocenters. The van der Waals surface area contributed by atoms with Gasteiger partial charge in [0.2, 0.25) is 0 Å². The van der Waals surface area contributed by atoms with Crippen molar-refractivity contribution in [1.29, 1.82) is 0 Å². The van der Waals surface area contributed by atoms with Gasteiger partial charge in [0.25, 0.3) is 0 Å². The Kier molecular flexibility index (Phi) is 5.95. The molecule has 2 N–H and O–H groups in total. The normalized spacial score (nSPS) is 14.2. The molecular formula is C14H23NO3. The second-order valence-corrected chi connectivity index (χ2v) is 4.62. The van der Waals surface area contributed by atoms with E-state index < -0.39 is 0 Å². The summed E-state index contributed by atoms with van der Waals surface area (Å²) in [6.07, 6.45) is 0. The molecule has 4 heteroatoms. The summed E-state index contributed by atoms with van der Waals surface area (Å²) in [6, 6.07) is 5.46. The number of rotatable bonds is 7. The molecule has 102 valence electrons. The van der Waals surface area contributed by atoms with E-state index in [0.717, 1.165) is 18.7 Å². The van der Waals surface area contributed by atoms with Crippen LogP contribution >= 0.6 is 0 Å². The molecule has 0 aliphatic rings. The molecule has 0 aliphatic heterocycles. The van der Waals surface area contributed by atoms with Crippen molar-refractivity contribution in [1.82, 2.24) is 5.32 Å². The van der Waals surface area contributed by atoms with Gasteiger partial charge in [-0.2, -0.15) is 0 Å². The minimum Gasteiger partial charge on any atom is -0.507 e. The predicted octanol–water partition coefficient (Wildman–Crippen LogP) is 2.33. The van der Waals surface area contributed by atoms with E-state index in [4.69, 9.17) is 9.47 Å². The van der Waals surface area contributed by atoms with Crippen molar-refractivity contribution in [2.75, 3.05) is 27.4 Å². The number of ether oxygens (including phenoxy) is 2. The summed E-state index contributed by atoms with van der Waals surface area (Å²) in [6.45, 7) is 5.73. The van der Waals surface area contributed by atoms with Crippen molar-refractivity contribution in [2.24, 2.45) is 5.92 Å². The van der Waals surface area contributed by atoms with Crippen LogP contribution in [0.15, 0.2) is 18.2 Å². The van der Waals surface area contributed by atoms with E-state index in [2.05, 4.69) is 12.2 Å². The Balaban J connectivity index is 2.58. The highest BCUT2D eigenvalue weighted by Crippen LogP contribution is 2.28. The summed E-state index contributed by atoms with van der Waals surface area (Å²) in [4.78, 5) is 0. The van der Waals surface area contributed by atoms with E-state index in [9.17, 15) is 5.11 Å². The van der Waals surface area contributed by atoms with Gasteiger partial charge in [-0.3, -0.25) is 0 Å². The first-order valence-corrected chi connectivity index (χ1v) is 6.17. The van der Waals surface area contributed by atoms with Gasteiger partial charge in [-0.05, 0) is 18.9 Å². The molecule has 1 aromatic carbocycles. The Bertz CT molecular complexity index is 368. The average molecular weight is 253 g/mol. The second kappa shape index (κ2) is 7.24. The van der Waals surface area contributed by atoms with E-state index in [0.29, 0.717) is 11.7 Å². The van der Waals surface area contributed by atoms with Gasteiger partial charge >= 0.3 is 0 Å². The number of phenolic OH excluding ortho intramolecular Hbond substituents is 1. The van der Waals surface area contributed by atoms with Crippen LogP contribution in [0.5, 0.6) is 11.5 Å². The topological polar surface area (TPSA) is 50.7 Å². The zero-order valence-corrected chi connectivity index (χ0v) is 11.6. The Morgan fingerprint density at radius 3 is 2.56 bits per heavy atom. The number of benzene rings is 1. The van der Waals surface area contributed by atoms with Crippen LogP contribution in [-0.2, 0) is 4.74 Å². The summed E-state index contributed by atoms with van der Waals surface area (Å²) in [5, 5.41) is 13.3. The molecule has 0 saturated carbocycles. The van der Waals surface area contributed by atoms with Gasteiger partial charge in [0.1, 0.15) is 11.5 Å². The van der Waals surface area contributed by atoms with E-state index in [-0.39, 0.29) is 11.8 Å². The van der Waals surface area contributed by atoms with E-state index in [1.165, 1.54) is 0 Å². The van der Waals surface area contributed by atoms with E-state index in [1.54, 1.807) is 20.3 Å². The average Bonchev–Trinajstić information content (AvgIpc) is 2.36. The third-order valence-corrected chi connectivity index (χ3v) is 2.93. The number of phenols is 1. The van der Waals surface area contributed by atoms with Crippen LogP contribution in [0.4, 0.5) is 0 Å². The fraction of sp³-hybridized carbons (Fsp3) is 0.571. The smallest absolute Gasteiger partial charge is 0.124 e. The largest absolute Gasteiger partial charge is 0.507 e. The summed E-state index contributed by atoms with van der Waals surface area (Å²) in [5.41, 5.74) is 0.875. The number of hydrogen-bond donors (Lipinski definition) is 2. The summed E-state index contributed by atoms with van der Waals surface area (Å²) in [5.74, 6) is 1.36. The third-order valence-electron chi connectivity index (χ3n) is 2.93. The third kappa shape index (κ3) is 4.20. The molecule has 18 heavy (non-hydrogen) atoms. The lowest BCUT2D eigenvalue weighted by Crippen LogP contribution is -2.26. The minimum atomic E-state index is 0.0928. The minimum absolute atomic E-state index is 0.0928. The lowest BCUT2D eigenvalue weighted by Gasteiger charge is -2.19. The Hall–Kier alpha value is -1.26. The number of hydrogen-bond acceptors (Lipinski definition) is 4. The highest BCUT2D eigenvalue weighted by atomic mass is 16.5. The van der Waals surface area contributed by atoms with Crippen LogP contribution in [0.1, 0.15) is 25.5 Å². The molecule has 4 nitrogen and oxygen atoms in total.